The van der Waals surface area contributed by atoms with Crippen molar-refractivity contribution in [2.24, 2.45) is 0 Å². The lowest BCUT2D eigenvalue weighted by Gasteiger charge is -2.39. The number of hydrogen-bond acceptors (Lipinski definition) is 2. The van der Waals surface area contributed by atoms with E-state index in [4.69, 9.17) is 9.84 Å². The molecule has 0 aliphatic carbocycles. The summed E-state index contributed by atoms with van der Waals surface area (Å²) in [6, 6.07) is 8.40. The summed E-state index contributed by atoms with van der Waals surface area (Å²) in [4.78, 5) is 10.6. The lowest BCUT2D eigenvalue weighted by Crippen LogP contribution is -2.45. The maximum Gasteiger partial charge on any atom is 0.328 e. The number of ether oxygens (including phenoxy) is 1. The minimum atomic E-state index is -0.913. The Labute approximate surface area is 107 Å². The first-order valence-corrected chi connectivity index (χ1v) is 6.25. The number of aliphatic carboxylic acids is 1. The molecule has 96 valence electrons. The van der Waals surface area contributed by atoms with Gasteiger partial charge >= 0.3 is 5.97 Å². The van der Waals surface area contributed by atoms with Gasteiger partial charge in [0.2, 0.25) is 0 Å². The van der Waals surface area contributed by atoms with E-state index in [0.29, 0.717) is 13.2 Å². The highest BCUT2D eigenvalue weighted by molar-refractivity contribution is 5.80. The summed E-state index contributed by atoms with van der Waals surface area (Å²) < 4.78 is 5.26. The van der Waals surface area contributed by atoms with Crippen LogP contribution in [0.25, 0.3) is 0 Å². The maximum atomic E-state index is 10.6. The van der Waals surface area contributed by atoms with Crippen LogP contribution in [0, 0.1) is 0 Å². The second kappa shape index (κ2) is 5.36. The van der Waals surface area contributed by atoms with Gasteiger partial charge in [0.15, 0.2) is 0 Å². The first-order valence-electron chi connectivity index (χ1n) is 6.25. The smallest absolute Gasteiger partial charge is 0.328 e. The predicted octanol–water partition coefficient (Wildman–Crippen LogP) is 2.55. The first kappa shape index (κ1) is 12.8. The fourth-order valence-corrected chi connectivity index (χ4v) is 2.20. The summed E-state index contributed by atoms with van der Waals surface area (Å²) in [5, 5.41) is 8.73. The molecule has 18 heavy (non-hydrogen) atoms. The Hall–Kier alpha value is -1.61. The van der Waals surface area contributed by atoms with Crippen molar-refractivity contribution in [1.82, 2.24) is 0 Å². The largest absolute Gasteiger partial charge is 0.478 e. The summed E-state index contributed by atoms with van der Waals surface area (Å²) in [7, 11) is 0. The molecule has 0 saturated carbocycles. The SMILES string of the molecule is CCCc1ccc(C2(/C=C/C(=O)O)COC2)cc1. The molecule has 0 spiro atoms. The van der Waals surface area contributed by atoms with Gasteiger partial charge in [-0.2, -0.15) is 0 Å². The molecule has 1 saturated heterocycles. The fourth-order valence-electron chi connectivity index (χ4n) is 2.20. The lowest BCUT2D eigenvalue weighted by molar-refractivity contribution is -0.131. The molecule has 1 heterocycles. The number of aryl methyl sites for hydroxylation is 1. The molecule has 0 aromatic heterocycles. The standard InChI is InChI=1S/C15H18O3/c1-2-3-12-4-6-13(7-5-12)15(10-18-11-15)9-8-14(16)17/h4-9H,2-3,10-11H2,1H3,(H,16,17)/b9-8+. The number of carboxylic acids is 1. The molecule has 0 radical (unpaired) electrons. The van der Waals surface area contributed by atoms with E-state index < -0.39 is 5.97 Å². The van der Waals surface area contributed by atoms with Gasteiger partial charge in [-0.25, -0.2) is 4.79 Å². The van der Waals surface area contributed by atoms with Crippen LogP contribution in [0.15, 0.2) is 36.4 Å². The zero-order chi connectivity index (χ0) is 13.0. The van der Waals surface area contributed by atoms with Crippen molar-refractivity contribution in [3.63, 3.8) is 0 Å². The van der Waals surface area contributed by atoms with Crippen LogP contribution in [0.4, 0.5) is 0 Å². The van der Waals surface area contributed by atoms with Gasteiger partial charge in [0, 0.05) is 6.08 Å². The Bertz CT molecular complexity index is 441. The number of hydrogen-bond donors (Lipinski definition) is 1. The van der Waals surface area contributed by atoms with E-state index in [9.17, 15) is 4.79 Å². The third-order valence-corrected chi connectivity index (χ3v) is 3.33. The number of rotatable bonds is 5. The molecule has 3 heteroatoms. The van der Waals surface area contributed by atoms with E-state index in [1.165, 1.54) is 11.6 Å². The van der Waals surface area contributed by atoms with Crippen molar-refractivity contribution in [3.05, 3.63) is 47.5 Å². The summed E-state index contributed by atoms with van der Waals surface area (Å²) in [6.45, 7) is 3.28. The maximum absolute atomic E-state index is 10.6. The molecule has 1 aliphatic rings. The molecule has 0 amide bonds. The van der Waals surface area contributed by atoms with E-state index in [1.54, 1.807) is 6.08 Å². The van der Waals surface area contributed by atoms with E-state index in [1.807, 2.05) is 0 Å². The van der Waals surface area contributed by atoms with Crippen molar-refractivity contribution in [2.75, 3.05) is 13.2 Å². The molecule has 3 nitrogen and oxygen atoms in total. The van der Waals surface area contributed by atoms with E-state index in [-0.39, 0.29) is 5.41 Å². The van der Waals surface area contributed by atoms with Crippen molar-refractivity contribution < 1.29 is 14.6 Å². The summed E-state index contributed by atoms with van der Waals surface area (Å²) in [5.41, 5.74) is 2.20. The Morgan fingerprint density at radius 3 is 2.50 bits per heavy atom. The second-order valence-electron chi connectivity index (χ2n) is 4.77. The van der Waals surface area contributed by atoms with E-state index >= 15 is 0 Å². The first-order chi connectivity index (χ1) is 8.66. The average Bonchev–Trinajstić information content (AvgIpc) is 2.30. The van der Waals surface area contributed by atoms with Gasteiger partial charge in [-0.15, -0.1) is 0 Å². The van der Waals surface area contributed by atoms with Crippen LogP contribution in [-0.2, 0) is 21.4 Å². The third-order valence-electron chi connectivity index (χ3n) is 3.33. The molecule has 1 aromatic carbocycles. The Morgan fingerprint density at radius 2 is 2.06 bits per heavy atom. The number of benzene rings is 1. The van der Waals surface area contributed by atoms with E-state index in [2.05, 4.69) is 31.2 Å². The minimum Gasteiger partial charge on any atom is -0.478 e. The summed E-state index contributed by atoms with van der Waals surface area (Å²) in [6.07, 6.45) is 5.16. The zero-order valence-corrected chi connectivity index (χ0v) is 10.6. The van der Waals surface area contributed by atoms with Gasteiger partial charge in [0.1, 0.15) is 0 Å². The molecule has 0 unspecified atom stereocenters. The van der Waals surface area contributed by atoms with Crippen LogP contribution in [0.1, 0.15) is 24.5 Å². The van der Waals surface area contributed by atoms with Crippen LogP contribution >= 0.6 is 0 Å². The molecule has 1 aliphatic heterocycles. The molecule has 1 fully saturated rings. The predicted molar refractivity (Wildman–Crippen MR) is 69.7 cm³/mol. The molecular weight excluding hydrogens is 228 g/mol. The normalized spacial score (nSPS) is 17.6. The van der Waals surface area contributed by atoms with Crippen molar-refractivity contribution in [3.8, 4) is 0 Å². The van der Waals surface area contributed by atoms with Crippen molar-refractivity contribution in [1.29, 1.82) is 0 Å². The van der Waals surface area contributed by atoms with Crippen molar-refractivity contribution >= 4 is 5.97 Å². The van der Waals surface area contributed by atoms with Gasteiger partial charge in [-0.05, 0) is 17.5 Å². The molecular formula is C15H18O3. The molecule has 0 atom stereocenters. The number of carbonyl (C=O) groups is 1. The van der Waals surface area contributed by atoms with Gasteiger partial charge in [-0.3, -0.25) is 0 Å². The third kappa shape index (κ3) is 2.62. The molecule has 1 N–H and O–H groups in total. The molecule has 1 aromatic rings. The van der Waals surface area contributed by atoms with Crippen LogP contribution in [0.5, 0.6) is 0 Å². The lowest BCUT2D eigenvalue weighted by atomic mass is 9.78. The van der Waals surface area contributed by atoms with Gasteiger partial charge in [-0.1, -0.05) is 43.7 Å². The summed E-state index contributed by atoms with van der Waals surface area (Å²) in [5.74, 6) is -0.913. The monoisotopic (exact) mass is 246 g/mol. The van der Waals surface area contributed by atoms with Crippen molar-refractivity contribution in [2.45, 2.75) is 25.2 Å². The van der Waals surface area contributed by atoms with Crippen LogP contribution in [-0.4, -0.2) is 24.3 Å². The van der Waals surface area contributed by atoms with Gasteiger partial charge in [0.25, 0.3) is 0 Å². The van der Waals surface area contributed by atoms with E-state index in [0.717, 1.165) is 18.4 Å². The Balaban J connectivity index is 2.19. The minimum absolute atomic E-state index is 0.247. The van der Waals surface area contributed by atoms with Crippen LogP contribution in [0.2, 0.25) is 0 Å². The average molecular weight is 246 g/mol. The number of carboxylic acid groups (broad SMARTS) is 1. The van der Waals surface area contributed by atoms with Gasteiger partial charge in [0.05, 0.1) is 18.6 Å². The second-order valence-corrected chi connectivity index (χ2v) is 4.77. The molecule has 2 rings (SSSR count). The highest BCUT2D eigenvalue weighted by atomic mass is 16.5. The highest BCUT2D eigenvalue weighted by Crippen LogP contribution is 2.34. The zero-order valence-electron chi connectivity index (χ0n) is 10.6. The summed E-state index contributed by atoms with van der Waals surface area (Å²) >= 11 is 0. The Morgan fingerprint density at radius 1 is 1.39 bits per heavy atom. The fraction of sp³-hybridized carbons (Fsp3) is 0.400. The Kier molecular flexibility index (Phi) is 3.82. The highest BCUT2D eigenvalue weighted by Gasteiger charge is 2.37. The quantitative estimate of drug-likeness (QED) is 0.812. The topological polar surface area (TPSA) is 46.5 Å². The van der Waals surface area contributed by atoms with Gasteiger partial charge < -0.3 is 9.84 Å². The van der Waals surface area contributed by atoms with Crippen LogP contribution < -0.4 is 0 Å². The molecule has 0 bridgehead atoms. The van der Waals surface area contributed by atoms with Crippen LogP contribution in [0.3, 0.4) is 0 Å².